The Hall–Kier alpha value is -1.10. The Labute approximate surface area is 109 Å². The molecule has 4 heteroatoms. The first-order valence-corrected chi connectivity index (χ1v) is 6.37. The maximum Gasteiger partial charge on any atom is 0.119 e. The van der Waals surface area contributed by atoms with Crippen molar-refractivity contribution in [1.82, 2.24) is 0 Å². The Bertz CT molecular complexity index is 331. The topological polar surface area (TPSA) is 64.7 Å². The van der Waals surface area contributed by atoms with E-state index in [1.54, 1.807) is 7.11 Å². The Morgan fingerprint density at radius 1 is 1.28 bits per heavy atom. The van der Waals surface area contributed by atoms with Crippen molar-refractivity contribution in [3.63, 3.8) is 0 Å². The van der Waals surface area contributed by atoms with Crippen LogP contribution in [-0.4, -0.2) is 32.0 Å². The van der Waals surface area contributed by atoms with E-state index in [9.17, 15) is 5.11 Å². The van der Waals surface area contributed by atoms with Crippen LogP contribution in [-0.2, 0) is 4.74 Å². The van der Waals surface area contributed by atoms with Crippen molar-refractivity contribution in [1.29, 1.82) is 0 Å². The van der Waals surface area contributed by atoms with E-state index in [0.29, 0.717) is 19.6 Å². The first-order valence-electron chi connectivity index (χ1n) is 6.37. The van der Waals surface area contributed by atoms with Gasteiger partial charge in [-0.3, -0.25) is 0 Å². The van der Waals surface area contributed by atoms with Crippen LogP contribution in [0, 0.1) is 0 Å². The lowest BCUT2D eigenvalue weighted by Crippen LogP contribution is -2.07. The molecule has 0 bridgehead atoms. The minimum absolute atomic E-state index is 0.475. The number of nitrogens with two attached hydrogens (primary N) is 1. The minimum Gasteiger partial charge on any atom is -0.494 e. The standard InChI is InChI=1S/C14H23NO3/c1-17-9-2-3-10-18-13-6-4-5-12(11-13)14(16)7-8-15/h4-6,11,14,16H,2-3,7-10,15H2,1H3. The molecule has 1 aromatic rings. The van der Waals surface area contributed by atoms with Crippen molar-refractivity contribution in [2.24, 2.45) is 5.73 Å². The number of aliphatic hydroxyl groups excluding tert-OH is 1. The molecule has 4 nitrogen and oxygen atoms in total. The molecule has 1 unspecified atom stereocenters. The first-order chi connectivity index (χ1) is 8.77. The lowest BCUT2D eigenvalue weighted by Gasteiger charge is -2.12. The zero-order chi connectivity index (χ0) is 13.2. The second kappa shape index (κ2) is 8.91. The molecule has 0 fully saturated rings. The van der Waals surface area contributed by atoms with Gasteiger partial charge in [-0.1, -0.05) is 12.1 Å². The second-order valence-corrected chi connectivity index (χ2v) is 4.21. The van der Waals surface area contributed by atoms with Crippen LogP contribution in [0.4, 0.5) is 0 Å². The average Bonchev–Trinajstić information content (AvgIpc) is 2.39. The van der Waals surface area contributed by atoms with Gasteiger partial charge in [0.05, 0.1) is 12.7 Å². The van der Waals surface area contributed by atoms with E-state index < -0.39 is 6.10 Å². The summed E-state index contributed by atoms with van der Waals surface area (Å²) >= 11 is 0. The van der Waals surface area contributed by atoms with Gasteiger partial charge in [0.15, 0.2) is 0 Å². The van der Waals surface area contributed by atoms with E-state index in [1.807, 2.05) is 24.3 Å². The molecule has 0 radical (unpaired) electrons. The van der Waals surface area contributed by atoms with Crippen LogP contribution in [0.3, 0.4) is 0 Å². The van der Waals surface area contributed by atoms with Crippen LogP contribution in [0.1, 0.15) is 30.9 Å². The van der Waals surface area contributed by atoms with Crippen molar-refractivity contribution < 1.29 is 14.6 Å². The van der Waals surface area contributed by atoms with Gasteiger partial charge in [-0.15, -0.1) is 0 Å². The van der Waals surface area contributed by atoms with Crippen molar-refractivity contribution in [3.05, 3.63) is 29.8 Å². The number of aliphatic hydroxyl groups is 1. The van der Waals surface area contributed by atoms with Gasteiger partial charge >= 0.3 is 0 Å². The Balaban J connectivity index is 2.39. The van der Waals surface area contributed by atoms with Gasteiger partial charge in [0.25, 0.3) is 0 Å². The molecule has 0 aromatic heterocycles. The second-order valence-electron chi connectivity index (χ2n) is 4.21. The molecular weight excluding hydrogens is 230 g/mol. The number of ether oxygens (including phenoxy) is 2. The zero-order valence-electron chi connectivity index (χ0n) is 11.0. The van der Waals surface area contributed by atoms with Crippen molar-refractivity contribution in [2.75, 3.05) is 26.9 Å². The molecule has 18 heavy (non-hydrogen) atoms. The largest absolute Gasteiger partial charge is 0.494 e. The average molecular weight is 253 g/mol. The lowest BCUT2D eigenvalue weighted by molar-refractivity contribution is 0.169. The van der Waals surface area contributed by atoms with Gasteiger partial charge < -0.3 is 20.3 Å². The molecule has 1 rings (SSSR count). The summed E-state index contributed by atoms with van der Waals surface area (Å²) in [5.41, 5.74) is 6.28. The van der Waals surface area contributed by atoms with E-state index in [1.165, 1.54) is 0 Å². The van der Waals surface area contributed by atoms with Crippen molar-refractivity contribution >= 4 is 0 Å². The summed E-state index contributed by atoms with van der Waals surface area (Å²) in [4.78, 5) is 0. The monoisotopic (exact) mass is 253 g/mol. The molecular formula is C14H23NO3. The minimum atomic E-state index is -0.507. The van der Waals surface area contributed by atoms with E-state index in [0.717, 1.165) is 30.8 Å². The summed E-state index contributed by atoms with van der Waals surface area (Å²) in [6, 6.07) is 7.54. The smallest absolute Gasteiger partial charge is 0.119 e. The fourth-order valence-electron chi connectivity index (χ4n) is 1.67. The number of benzene rings is 1. The normalized spacial score (nSPS) is 12.4. The van der Waals surface area contributed by atoms with Gasteiger partial charge in [-0.05, 0) is 43.5 Å². The van der Waals surface area contributed by atoms with E-state index in [2.05, 4.69) is 0 Å². The van der Waals surface area contributed by atoms with E-state index in [4.69, 9.17) is 15.2 Å². The molecule has 0 aliphatic rings. The fourth-order valence-corrected chi connectivity index (χ4v) is 1.67. The summed E-state index contributed by atoms with van der Waals surface area (Å²) < 4.78 is 10.6. The Morgan fingerprint density at radius 2 is 2.06 bits per heavy atom. The highest BCUT2D eigenvalue weighted by Gasteiger charge is 2.07. The highest BCUT2D eigenvalue weighted by atomic mass is 16.5. The highest BCUT2D eigenvalue weighted by molar-refractivity contribution is 5.29. The third-order valence-corrected chi connectivity index (χ3v) is 2.69. The van der Waals surface area contributed by atoms with Crippen molar-refractivity contribution in [3.8, 4) is 5.75 Å². The molecule has 0 saturated heterocycles. The maximum absolute atomic E-state index is 9.83. The summed E-state index contributed by atoms with van der Waals surface area (Å²) in [6.07, 6.45) is 2.01. The molecule has 102 valence electrons. The van der Waals surface area contributed by atoms with Crippen LogP contribution >= 0.6 is 0 Å². The van der Waals surface area contributed by atoms with Crippen LogP contribution in [0.5, 0.6) is 5.75 Å². The Kier molecular flexibility index (Phi) is 7.41. The molecule has 0 spiro atoms. The van der Waals surface area contributed by atoms with Gasteiger partial charge in [-0.25, -0.2) is 0 Å². The van der Waals surface area contributed by atoms with Gasteiger partial charge in [0.1, 0.15) is 5.75 Å². The molecule has 0 aliphatic heterocycles. The summed E-state index contributed by atoms with van der Waals surface area (Å²) in [5, 5.41) is 9.83. The van der Waals surface area contributed by atoms with Crippen LogP contribution in [0.15, 0.2) is 24.3 Å². The quantitative estimate of drug-likeness (QED) is 0.659. The van der Waals surface area contributed by atoms with Crippen molar-refractivity contribution in [2.45, 2.75) is 25.4 Å². The predicted octanol–water partition coefficient (Wildman–Crippen LogP) is 1.87. The van der Waals surface area contributed by atoms with E-state index in [-0.39, 0.29) is 0 Å². The summed E-state index contributed by atoms with van der Waals surface area (Å²) in [6.45, 7) is 1.90. The third kappa shape index (κ3) is 5.49. The molecule has 1 atom stereocenters. The lowest BCUT2D eigenvalue weighted by atomic mass is 10.1. The number of rotatable bonds is 9. The fraction of sp³-hybridized carbons (Fsp3) is 0.571. The summed E-state index contributed by atoms with van der Waals surface area (Å²) in [7, 11) is 1.70. The molecule has 1 aromatic carbocycles. The molecule has 0 aliphatic carbocycles. The summed E-state index contributed by atoms with van der Waals surface area (Å²) in [5.74, 6) is 0.793. The molecule has 0 amide bonds. The first kappa shape index (κ1) is 15.0. The molecule has 0 heterocycles. The number of hydrogen-bond donors (Lipinski definition) is 2. The van der Waals surface area contributed by atoms with Crippen LogP contribution in [0.2, 0.25) is 0 Å². The Morgan fingerprint density at radius 3 is 2.78 bits per heavy atom. The number of unbranched alkanes of at least 4 members (excludes halogenated alkanes) is 1. The zero-order valence-corrected chi connectivity index (χ0v) is 11.0. The van der Waals surface area contributed by atoms with E-state index >= 15 is 0 Å². The number of methoxy groups -OCH3 is 1. The molecule has 0 saturated carbocycles. The van der Waals surface area contributed by atoms with Gasteiger partial charge in [-0.2, -0.15) is 0 Å². The number of hydrogen-bond acceptors (Lipinski definition) is 4. The van der Waals surface area contributed by atoms with Crippen LogP contribution < -0.4 is 10.5 Å². The highest BCUT2D eigenvalue weighted by Crippen LogP contribution is 2.21. The van der Waals surface area contributed by atoms with Gasteiger partial charge in [0.2, 0.25) is 0 Å². The predicted molar refractivity (Wildman–Crippen MR) is 71.7 cm³/mol. The van der Waals surface area contributed by atoms with Crippen LogP contribution in [0.25, 0.3) is 0 Å². The third-order valence-electron chi connectivity index (χ3n) is 2.69. The maximum atomic E-state index is 9.83. The SMILES string of the molecule is COCCCCOc1cccc(C(O)CCN)c1. The van der Waals surface area contributed by atoms with Gasteiger partial charge in [0, 0.05) is 13.7 Å². The molecule has 3 N–H and O–H groups in total.